The first-order valence-corrected chi connectivity index (χ1v) is 33.6. The van der Waals surface area contributed by atoms with Gasteiger partial charge in [0.15, 0.2) is 0 Å². The molecule has 0 nitrogen and oxygen atoms in total. The van der Waals surface area contributed by atoms with Crippen LogP contribution < -0.4 is 13.6 Å². The Morgan fingerprint density at radius 1 is 0.500 bits per heavy atom. The Kier molecular flexibility index (Phi) is 9.93. The minimum absolute atomic E-state index is 0.0710. The summed E-state index contributed by atoms with van der Waals surface area (Å²) >= 11 is -5.61. The van der Waals surface area contributed by atoms with E-state index in [1.807, 2.05) is 0 Å². The van der Waals surface area contributed by atoms with Gasteiger partial charge in [0.1, 0.15) is 0 Å². The van der Waals surface area contributed by atoms with Crippen molar-refractivity contribution in [2.45, 2.75) is 101 Å². The topological polar surface area (TPSA) is 0 Å². The van der Waals surface area contributed by atoms with Crippen LogP contribution in [0.25, 0.3) is 45.5 Å². The predicted octanol–water partition coefficient (Wildman–Crippen LogP) is 13.9. The van der Waals surface area contributed by atoms with Gasteiger partial charge >= 0.3 is 373 Å². The summed E-state index contributed by atoms with van der Waals surface area (Å²) < 4.78 is 1.02. The number of benzene rings is 6. The number of allylic oxidation sites excluding steroid dienone is 2. The zero-order chi connectivity index (χ0) is 42.9. The van der Waals surface area contributed by atoms with Crippen molar-refractivity contribution in [3.8, 4) is 33.4 Å². The van der Waals surface area contributed by atoms with E-state index < -0.39 is 25.9 Å². The molecular formula is C56H59Cl2SiZr. The molecule has 6 aromatic carbocycles. The van der Waals surface area contributed by atoms with Crippen molar-refractivity contribution in [1.82, 2.24) is 0 Å². The predicted molar refractivity (Wildman–Crippen MR) is 264 cm³/mol. The van der Waals surface area contributed by atoms with Crippen molar-refractivity contribution in [2.75, 3.05) is 0 Å². The van der Waals surface area contributed by atoms with Gasteiger partial charge in [0.25, 0.3) is 0 Å². The van der Waals surface area contributed by atoms with Crippen LogP contribution in [-0.4, -0.2) is 9.52 Å². The second kappa shape index (κ2) is 14.3. The van der Waals surface area contributed by atoms with Crippen molar-refractivity contribution in [3.05, 3.63) is 170 Å². The third-order valence-corrected chi connectivity index (χ3v) is 37.1. The summed E-state index contributed by atoms with van der Waals surface area (Å²) in [6.07, 6.45) is 4.96. The van der Waals surface area contributed by atoms with E-state index in [9.17, 15) is 17.0 Å². The first-order valence-electron chi connectivity index (χ1n) is 21.8. The monoisotopic (exact) mass is 919 g/mol. The van der Waals surface area contributed by atoms with Crippen molar-refractivity contribution in [1.29, 1.82) is 0 Å². The molecule has 1 aliphatic heterocycles. The van der Waals surface area contributed by atoms with Gasteiger partial charge in [-0.3, -0.25) is 0 Å². The Bertz CT molecular complexity index is 2690. The summed E-state index contributed by atoms with van der Waals surface area (Å²) in [7, 11) is 17.7. The number of halogens is 2. The molecule has 1 heterocycles. The Labute approximate surface area is 370 Å². The number of hydrogen-bond donors (Lipinski definition) is 0. The summed E-state index contributed by atoms with van der Waals surface area (Å²) in [6, 6.07) is 39.7. The van der Waals surface area contributed by atoms with Crippen LogP contribution in [0, 0.1) is 27.7 Å². The third kappa shape index (κ3) is 6.45. The second-order valence-electron chi connectivity index (χ2n) is 20.7. The van der Waals surface area contributed by atoms with E-state index in [-0.39, 0.29) is 18.1 Å². The molecule has 305 valence electrons. The molecule has 2 atom stereocenters. The normalized spacial score (nSPS) is 18.1. The van der Waals surface area contributed by atoms with E-state index >= 15 is 0 Å². The molecule has 0 radical (unpaired) electrons. The number of aryl methyl sites for hydroxylation is 4. The fourth-order valence-corrected chi connectivity index (χ4v) is 40.6. The molecule has 0 N–H and O–H groups in total. The van der Waals surface area contributed by atoms with E-state index in [1.54, 1.807) is 0 Å². The van der Waals surface area contributed by atoms with Crippen LogP contribution >= 0.6 is 17.0 Å². The molecule has 9 rings (SSSR count). The van der Waals surface area contributed by atoms with E-state index in [2.05, 4.69) is 198 Å². The fraction of sp³-hybridized carbons (Fsp3) is 0.286. The van der Waals surface area contributed by atoms with Gasteiger partial charge in [0.2, 0.25) is 0 Å². The molecule has 0 saturated heterocycles. The van der Waals surface area contributed by atoms with Crippen molar-refractivity contribution < 1.29 is 16.4 Å². The van der Waals surface area contributed by atoms with Gasteiger partial charge in [-0.25, -0.2) is 0 Å². The van der Waals surface area contributed by atoms with E-state index in [4.69, 9.17) is 0 Å². The zero-order valence-electron chi connectivity index (χ0n) is 37.6. The van der Waals surface area contributed by atoms with E-state index in [1.165, 1.54) is 114 Å². The maximum atomic E-state index is 9.28. The van der Waals surface area contributed by atoms with Crippen LogP contribution in [0.1, 0.15) is 118 Å². The van der Waals surface area contributed by atoms with Gasteiger partial charge in [-0.2, -0.15) is 0 Å². The Morgan fingerprint density at radius 2 is 0.933 bits per heavy atom. The summed E-state index contributed by atoms with van der Waals surface area (Å²) in [6.45, 7) is 27.6. The molecule has 0 aromatic heterocycles. The molecular weight excluding hydrogens is 863 g/mol. The van der Waals surface area contributed by atoms with Gasteiger partial charge < -0.3 is 0 Å². The molecule has 0 fully saturated rings. The van der Waals surface area contributed by atoms with Crippen LogP contribution in [0.5, 0.6) is 0 Å². The fourth-order valence-electron chi connectivity index (χ4n) is 11.8. The zero-order valence-corrected chi connectivity index (χ0v) is 43.0. The van der Waals surface area contributed by atoms with E-state index in [0.717, 1.165) is 0 Å². The van der Waals surface area contributed by atoms with Crippen LogP contribution in [0.4, 0.5) is 0 Å². The van der Waals surface area contributed by atoms with Gasteiger partial charge in [0.05, 0.1) is 0 Å². The van der Waals surface area contributed by atoms with Gasteiger partial charge in [0, 0.05) is 0 Å². The van der Waals surface area contributed by atoms with Crippen LogP contribution in [0.15, 0.2) is 114 Å². The molecule has 4 heteroatoms. The summed E-state index contributed by atoms with van der Waals surface area (Å²) in [5, 5.41) is 2.95. The summed E-state index contributed by atoms with van der Waals surface area (Å²) in [5.41, 5.74) is 23.3. The Balaban J connectivity index is 1.38. The number of hydrogen-bond acceptors (Lipinski definition) is 0. The van der Waals surface area contributed by atoms with Crippen molar-refractivity contribution in [3.63, 3.8) is 0 Å². The van der Waals surface area contributed by atoms with Crippen LogP contribution in [-0.2, 0) is 27.2 Å². The molecule has 0 saturated carbocycles. The second-order valence-corrected chi connectivity index (χ2v) is 43.1. The maximum absolute atomic E-state index is 9.28. The van der Waals surface area contributed by atoms with E-state index in [0.29, 0.717) is 0 Å². The third-order valence-electron chi connectivity index (χ3n) is 13.9. The van der Waals surface area contributed by atoms with Crippen LogP contribution in [0.2, 0.25) is 0 Å². The quantitative estimate of drug-likeness (QED) is 0.151. The first-order chi connectivity index (χ1) is 28.2. The standard InChI is InChI=1S/2C22H25.C12H9Si.2ClH.Zr/c2*1-14-9-15(2)12-18(11-14)21-19-13-16(3)10-17(19)7-8-20(21)22(4,5)6;1-3-7-11-9(5-1)10-6-2-4-8-12(10)13-11;;;/h2*7-13H,1-6H3;1-7H,13H2;2*1H;/q;;;;;+2/p-2. The van der Waals surface area contributed by atoms with Gasteiger partial charge in [-0.15, -0.1) is 0 Å². The average molecular weight is 922 g/mol. The summed E-state index contributed by atoms with van der Waals surface area (Å²) in [4.78, 5) is 0. The van der Waals surface area contributed by atoms with Crippen LogP contribution in [0.3, 0.4) is 0 Å². The Hall–Kier alpha value is -3.52. The van der Waals surface area contributed by atoms with Crippen molar-refractivity contribution >= 4 is 52.3 Å². The molecule has 60 heavy (non-hydrogen) atoms. The molecule has 0 spiro atoms. The molecule has 0 bridgehead atoms. The number of rotatable bonds is 5. The summed E-state index contributed by atoms with van der Waals surface area (Å²) in [5.74, 6) is 0. The Morgan fingerprint density at radius 3 is 1.38 bits per heavy atom. The molecule has 0 amide bonds. The van der Waals surface area contributed by atoms with Gasteiger partial charge in [-0.1, -0.05) is 0 Å². The number of fused-ring (bicyclic) bond motifs is 5. The molecule has 3 aliphatic rings. The molecule has 2 aliphatic carbocycles. The SMILES string of the molecule is CC1=Cc2c(ccc(C(C)(C)C)c2-c2cc(C)cc(C)c2)[CH]1[Zr]([Cl])([Cl])([c]1cccc2c1[SiH2]c1ccccc1-2)[CH]1C(C)=Cc2c1ccc(C(C)(C)C)c2-c1cc(C)cc(C)c1. The first kappa shape index (κ1) is 41.8. The molecule has 2 unspecified atom stereocenters. The van der Waals surface area contributed by atoms with Crippen molar-refractivity contribution in [2.24, 2.45) is 0 Å². The van der Waals surface area contributed by atoms with Gasteiger partial charge in [-0.05, 0) is 0 Å². The molecule has 6 aromatic rings. The minimum atomic E-state index is -5.61. The average Bonchev–Trinajstić information content (AvgIpc) is 3.82.